The number of aromatic nitrogens is 2. The van der Waals surface area contributed by atoms with Crippen molar-refractivity contribution in [3.05, 3.63) is 39.9 Å². The van der Waals surface area contributed by atoms with E-state index in [1.807, 2.05) is 14.1 Å². The largest absolute Gasteiger partial charge is 0.454 e. The van der Waals surface area contributed by atoms with Crippen molar-refractivity contribution in [2.24, 2.45) is 0 Å². The van der Waals surface area contributed by atoms with Gasteiger partial charge in [0.05, 0.1) is 5.75 Å². The highest BCUT2D eigenvalue weighted by molar-refractivity contribution is 8.00. The summed E-state index contributed by atoms with van der Waals surface area (Å²) in [5.74, 6) is 1.33. The highest BCUT2D eigenvalue weighted by Crippen LogP contribution is 2.34. The summed E-state index contributed by atoms with van der Waals surface area (Å²) in [4.78, 5) is 31.3. The second-order valence-electron chi connectivity index (χ2n) is 7.34. The molecule has 1 aromatic heterocycles. The van der Waals surface area contributed by atoms with Gasteiger partial charge >= 0.3 is 5.69 Å². The maximum atomic E-state index is 12.6. The fourth-order valence-electron chi connectivity index (χ4n) is 3.54. The van der Waals surface area contributed by atoms with Crippen LogP contribution < -0.4 is 20.5 Å². The number of fused-ring (bicyclic) bond motifs is 2. The molecule has 2 aliphatic rings. The molecular formula is C20H24N4O4S. The average Bonchev–Trinajstić information content (AvgIpc) is 3.34. The molecule has 0 unspecified atom stereocenters. The van der Waals surface area contributed by atoms with Gasteiger partial charge in [0, 0.05) is 36.1 Å². The predicted octanol–water partition coefficient (Wildman–Crippen LogP) is 1.75. The zero-order valence-corrected chi connectivity index (χ0v) is 17.4. The quantitative estimate of drug-likeness (QED) is 0.544. The van der Waals surface area contributed by atoms with Gasteiger partial charge in [-0.05, 0) is 45.5 Å². The Morgan fingerprint density at radius 2 is 2.10 bits per heavy atom. The van der Waals surface area contributed by atoms with E-state index in [-0.39, 0.29) is 24.1 Å². The smallest absolute Gasteiger partial charge is 0.348 e. The van der Waals surface area contributed by atoms with E-state index in [0.717, 1.165) is 37.1 Å². The minimum Gasteiger partial charge on any atom is -0.454 e. The molecule has 1 aliphatic carbocycles. The van der Waals surface area contributed by atoms with E-state index in [9.17, 15) is 9.59 Å². The van der Waals surface area contributed by atoms with Gasteiger partial charge in [0.1, 0.15) is 5.03 Å². The van der Waals surface area contributed by atoms with E-state index < -0.39 is 0 Å². The molecule has 1 N–H and O–H groups in total. The molecule has 9 heteroatoms. The van der Waals surface area contributed by atoms with Gasteiger partial charge in [0.2, 0.25) is 12.7 Å². The highest BCUT2D eigenvalue weighted by Gasteiger charge is 2.22. The highest BCUT2D eigenvalue weighted by atomic mass is 32.2. The first kappa shape index (κ1) is 19.8. The number of anilines is 1. The molecule has 2 heterocycles. The summed E-state index contributed by atoms with van der Waals surface area (Å²) >= 11 is 1.32. The molecule has 0 atom stereocenters. The molecule has 4 rings (SSSR count). The number of thioether (sulfide) groups is 1. The Morgan fingerprint density at radius 3 is 2.93 bits per heavy atom. The maximum Gasteiger partial charge on any atom is 0.348 e. The molecule has 0 radical (unpaired) electrons. The molecule has 2 aromatic rings. The van der Waals surface area contributed by atoms with Crippen molar-refractivity contribution in [1.82, 2.24) is 14.5 Å². The van der Waals surface area contributed by atoms with Crippen molar-refractivity contribution in [2.45, 2.75) is 30.8 Å². The van der Waals surface area contributed by atoms with E-state index in [1.54, 1.807) is 22.8 Å². The first-order valence-electron chi connectivity index (χ1n) is 9.61. The van der Waals surface area contributed by atoms with Gasteiger partial charge in [0.15, 0.2) is 11.5 Å². The number of likely N-dealkylation sites (N-methyl/N-ethyl adjacent to an activating group) is 1. The number of carbonyl (C=O) groups excluding carboxylic acids is 1. The molecule has 1 aromatic carbocycles. The van der Waals surface area contributed by atoms with Gasteiger partial charge in [-0.2, -0.15) is 4.98 Å². The number of amides is 1. The molecule has 0 fully saturated rings. The molecule has 154 valence electrons. The van der Waals surface area contributed by atoms with Crippen LogP contribution in [-0.2, 0) is 24.2 Å². The van der Waals surface area contributed by atoms with Crippen molar-refractivity contribution < 1.29 is 14.3 Å². The lowest BCUT2D eigenvalue weighted by molar-refractivity contribution is -0.113. The molecule has 8 nitrogen and oxygen atoms in total. The number of hydrogen-bond donors (Lipinski definition) is 1. The number of carbonyl (C=O) groups is 1. The first-order valence-corrected chi connectivity index (χ1v) is 10.6. The molecule has 29 heavy (non-hydrogen) atoms. The third kappa shape index (κ3) is 4.40. The molecule has 0 saturated carbocycles. The number of nitrogens with one attached hydrogen (secondary N) is 1. The Morgan fingerprint density at radius 1 is 1.28 bits per heavy atom. The van der Waals surface area contributed by atoms with Gasteiger partial charge in [-0.25, -0.2) is 4.79 Å². The minimum atomic E-state index is -0.230. The summed E-state index contributed by atoms with van der Waals surface area (Å²) in [6, 6.07) is 5.29. The van der Waals surface area contributed by atoms with Crippen LogP contribution in [0.4, 0.5) is 5.69 Å². The van der Waals surface area contributed by atoms with Crippen molar-refractivity contribution in [3.63, 3.8) is 0 Å². The zero-order chi connectivity index (χ0) is 20.4. The molecule has 0 saturated heterocycles. The van der Waals surface area contributed by atoms with Gasteiger partial charge in [-0.3, -0.25) is 9.36 Å². The Hall–Kier alpha value is -2.52. The Kier molecular flexibility index (Phi) is 5.77. The van der Waals surface area contributed by atoms with Gasteiger partial charge in [-0.15, -0.1) is 0 Å². The standard InChI is InChI=1S/C20H24N4O4S/c1-23(2)8-9-24-15-5-3-4-14(15)19(22-20(24)26)29-11-18(25)21-13-6-7-16-17(10-13)28-12-27-16/h6-7,10H,3-5,8-9,11-12H2,1-2H3,(H,21,25). The number of hydrogen-bond acceptors (Lipinski definition) is 7. The normalized spacial score (nSPS) is 14.3. The molecule has 0 bridgehead atoms. The Bertz CT molecular complexity index is 989. The summed E-state index contributed by atoms with van der Waals surface area (Å²) in [5.41, 5.74) is 2.61. The van der Waals surface area contributed by atoms with E-state index in [1.165, 1.54) is 11.8 Å². The second-order valence-corrected chi connectivity index (χ2v) is 8.30. The van der Waals surface area contributed by atoms with Gasteiger partial charge < -0.3 is 19.7 Å². The minimum absolute atomic E-state index is 0.154. The molecular weight excluding hydrogens is 392 g/mol. The van der Waals surface area contributed by atoms with Gasteiger partial charge in [0.25, 0.3) is 0 Å². The molecule has 1 aliphatic heterocycles. The number of nitrogens with zero attached hydrogens (tertiary/aromatic N) is 3. The van der Waals surface area contributed by atoms with E-state index in [0.29, 0.717) is 28.8 Å². The Labute approximate surface area is 173 Å². The first-order chi connectivity index (χ1) is 14.0. The van der Waals surface area contributed by atoms with Crippen LogP contribution in [0.1, 0.15) is 17.7 Å². The van der Waals surface area contributed by atoms with Crippen LogP contribution in [0.5, 0.6) is 11.5 Å². The van der Waals surface area contributed by atoms with Crippen LogP contribution in [0, 0.1) is 0 Å². The maximum absolute atomic E-state index is 12.6. The van der Waals surface area contributed by atoms with E-state index in [4.69, 9.17) is 9.47 Å². The fourth-order valence-corrected chi connectivity index (χ4v) is 4.42. The van der Waals surface area contributed by atoms with Crippen LogP contribution in [0.3, 0.4) is 0 Å². The summed E-state index contributed by atoms with van der Waals surface area (Å²) < 4.78 is 12.4. The fraction of sp³-hybridized carbons (Fsp3) is 0.450. The summed E-state index contributed by atoms with van der Waals surface area (Å²) in [6.07, 6.45) is 2.80. The summed E-state index contributed by atoms with van der Waals surface area (Å²) in [6.45, 7) is 1.62. The van der Waals surface area contributed by atoms with Crippen molar-refractivity contribution in [2.75, 3.05) is 38.5 Å². The van der Waals surface area contributed by atoms with Gasteiger partial charge in [-0.1, -0.05) is 11.8 Å². The van der Waals surface area contributed by atoms with Crippen LogP contribution in [-0.4, -0.2) is 53.5 Å². The Balaban J connectivity index is 1.43. The number of ether oxygens (including phenoxy) is 2. The van der Waals surface area contributed by atoms with Crippen molar-refractivity contribution >= 4 is 23.4 Å². The molecule has 0 spiro atoms. The van der Waals surface area contributed by atoms with Crippen LogP contribution in [0.25, 0.3) is 0 Å². The second kappa shape index (κ2) is 8.46. The zero-order valence-electron chi connectivity index (χ0n) is 16.6. The van der Waals surface area contributed by atoms with Crippen LogP contribution >= 0.6 is 11.8 Å². The SMILES string of the molecule is CN(C)CCn1c2c(c(SCC(=O)Nc3ccc4c(c3)OCO4)nc1=O)CCC2. The lowest BCUT2D eigenvalue weighted by atomic mass is 10.2. The lowest BCUT2D eigenvalue weighted by Crippen LogP contribution is -2.31. The molecule has 1 amide bonds. The van der Waals surface area contributed by atoms with Crippen LogP contribution in [0.2, 0.25) is 0 Å². The van der Waals surface area contributed by atoms with Crippen molar-refractivity contribution in [3.8, 4) is 11.5 Å². The summed E-state index contributed by atoms with van der Waals surface area (Å²) in [5, 5.41) is 3.54. The average molecular weight is 417 g/mol. The topological polar surface area (TPSA) is 85.7 Å². The van der Waals surface area contributed by atoms with E-state index >= 15 is 0 Å². The third-order valence-corrected chi connectivity index (χ3v) is 5.99. The lowest BCUT2D eigenvalue weighted by Gasteiger charge is -2.16. The number of benzene rings is 1. The third-order valence-electron chi connectivity index (χ3n) is 4.97. The monoisotopic (exact) mass is 416 g/mol. The summed E-state index contributed by atoms with van der Waals surface area (Å²) in [7, 11) is 3.98. The van der Waals surface area contributed by atoms with Crippen LogP contribution in [0.15, 0.2) is 28.0 Å². The predicted molar refractivity (Wildman–Crippen MR) is 111 cm³/mol. The number of rotatable bonds is 7. The van der Waals surface area contributed by atoms with E-state index in [2.05, 4.69) is 15.2 Å². The van der Waals surface area contributed by atoms with Crippen molar-refractivity contribution in [1.29, 1.82) is 0 Å².